The molecule has 3 rings (SSSR count). The summed E-state index contributed by atoms with van der Waals surface area (Å²) in [5.41, 5.74) is 4.48. The molecule has 8 heteroatoms. The smallest absolute Gasteiger partial charge is 0.407 e. The Morgan fingerprint density at radius 3 is 2.06 bits per heavy atom. The molecule has 0 saturated carbocycles. The average molecular weight is 499 g/mol. The van der Waals surface area contributed by atoms with Gasteiger partial charge in [0, 0.05) is 5.92 Å². The van der Waals surface area contributed by atoms with Gasteiger partial charge in [-0.15, -0.1) is 0 Å². The van der Waals surface area contributed by atoms with E-state index in [-0.39, 0.29) is 12.5 Å². The SMILES string of the molecule is CSCCC(NC(=O)OCC1c2ccccc2-c2ccccc21)C(=O)NC(CCC(C)C)C(=O)O. The summed E-state index contributed by atoms with van der Waals surface area (Å²) in [6.45, 7) is 4.14. The van der Waals surface area contributed by atoms with Crippen LogP contribution in [0.25, 0.3) is 11.1 Å². The highest BCUT2D eigenvalue weighted by Crippen LogP contribution is 2.44. The van der Waals surface area contributed by atoms with E-state index in [0.717, 1.165) is 22.3 Å². The third-order valence-electron chi connectivity index (χ3n) is 6.21. The molecule has 2 aromatic rings. The number of amides is 2. The lowest BCUT2D eigenvalue weighted by molar-refractivity contribution is -0.142. The quantitative estimate of drug-likeness (QED) is 0.393. The van der Waals surface area contributed by atoms with Crippen molar-refractivity contribution in [3.05, 3.63) is 59.7 Å². The Morgan fingerprint density at radius 2 is 1.51 bits per heavy atom. The zero-order valence-electron chi connectivity index (χ0n) is 20.5. The standard InChI is InChI=1S/C27H34N2O5S/c1-17(2)12-13-24(26(31)32)28-25(30)23(14-15-35-3)29-27(33)34-16-22-20-10-6-4-8-18(20)19-9-5-7-11-21(19)22/h4-11,17,22-24H,12-16H2,1-3H3,(H,28,30)(H,29,33)(H,31,32). The first kappa shape index (κ1) is 26.6. The van der Waals surface area contributed by atoms with Crippen molar-refractivity contribution in [3.8, 4) is 11.1 Å². The van der Waals surface area contributed by atoms with Crippen molar-refractivity contribution in [1.82, 2.24) is 10.6 Å². The summed E-state index contributed by atoms with van der Waals surface area (Å²) >= 11 is 1.54. The first-order valence-electron chi connectivity index (χ1n) is 12.0. The van der Waals surface area contributed by atoms with Gasteiger partial charge in [0.05, 0.1) is 0 Å². The molecule has 0 heterocycles. The second-order valence-corrected chi connectivity index (χ2v) is 10.2. The van der Waals surface area contributed by atoms with Gasteiger partial charge in [-0.05, 0) is 59.4 Å². The molecule has 1 aliphatic rings. The highest BCUT2D eigenvalue weighted by Gasteiger charge is 2.30. The van der Waals surface area contributed by atoms with Gasteiger partial charge in [-0.2, -0.15) is 11.8 Å². The Balaban J connectivity index is 1.63. The summed E-state index contributed by atoms with van der Waals surface area (Å²) in [7, 11) is 0. The van der Waals surface area contributed by atoms with Gasteiger partial charge >= 0.3 is 12.1 Å². The van der Waals surface area contributed by atoms with Crippen LogP contribution in [-0.2, 0) is 14.3 Å². The van der Waals surface area contributed by atoms with Gasteiger partial charge in [0.1, 0.15) is 18.7 Å². The Hall–Kier alpha value is -3.00. The van der Waals surface area contributed by atoms with Crippen LogP contribution in [0.2, 0.25) is 0 Å². The van der Waals surface area contributed by atoms with Gasteiger partial charge in [-0.3, -0.25) is 4.79 Å². The van der Waals surface area contributed by atoms with Crippen molar-refractivity contribution in [2.24, 2.45) is 5.92 Å². The summed E-state index contributed by atoms with van der Waals surface area (Å²) in [6, 6.07) is 14.3. The van der Waals surface area contributed by atoms with E-state index in [2.05, 4.69) is 22.8 Å². The Bertz CT molecular complexity index is 996. The molecular formula is C27H34N2O5S. The highest BCUT2D eigenvalue weighted by atomic mass is 32.2. The fourth-order valence-corrected chi connectivity index (χ4v) is 4.79. The normalized spacial score (nSPS) is 14.1. The second kappa shape index (κ2) is 12.6. The number of aliphatic carboxylic acids is 1. The summed E-state index contributed by atoms with van der Waals surface area (Å²) in [5.74, 6) is -0.725. The molecule has 0 aliphatic heterocycles. The molecule has 0 bridgehead atoms. The largest absolute Gasteiger partial charge is 0.480 e. The molecule has 2 unspecified atom stereocenters. The fraction of sp³-hybridized carbons (Fsp3) is 0.444. The average Bonchev–Trinajstić information content (AvgIpc) is 3.16. The van der Waals surface area contributed by atoms with Gasteiger partial charge in [-0.25, -0.2) is 9.59 Å². The lowest BCUT2D eigenvalue weighted by atomic mass is 9.98. The molecule has 0 radical (unpaired) electrons. The molecule has 2 aromatic carbocycles. The zero-order valence-corrected chi connectivity index (χ0v) is 21.3. The minimum absolute atomic E-state index is 0.0842. The number of ether oxygens (including phenoxy) is 1. The first-order valence-corrected chi connectivity index (χ1v) is 13.3. The van der Waals surface area contributed by atoms with E-state index in [0.29, 0.717) is 30.9 Å². The van der Waals surface area contributed by atoms with E-state index in [1.54, 1.807) is 11.8 Å². The third-order valence-corrected chi connectivity index (χ3v) is 6.85. The van der Waals surface area contributed by atoms with Gasteiger partial charge in [0.25, 0.3) is 0 Å². The molecule has 3 N–H and O–H groups in total. The summed E-state index contributed by atoms with van der Waals surface area (Å²) in [4.78, 5) is 37.2. The van der Waals surface area contributed by atoms with E-state index in [1.807, 2.05) is 56.5 Å². The number of rotatable bonds is 12. The first-order chi connectivity index (χ1) is 16.8. The highest BCUT2D eigenvalue weighted by molar-refractivity contribution is 7.98. The van der Waals surface area contributed by atoms with Crippen molar-refractivity contribution >= 4 is 29.7 Å². The molecule has 35 heavy (non-hydrogen) atoms. The molecule has 2 amide bonds. The number of benzene rings is 2. The maximum absolute atomic E-state index is 12.9. The van der Waals surface area contributed by atoms with Crippen molar-refractivity contribution in [3.63, 3.8) is 0 Å². The van der Waals surface area contributed by atoms with Crippen LogP contribution in [0.5, 0.6) is 0 Å². The number of carboxylic acids is 1. The van der Waals surface area contributed by atoms with Gasteiger partial charge in [-0.1, -0.05) is 62.4 Å². The minimum Gasteiger partial charge on any atom is -0.480 e. The second-order valence-electron chi connectivity index (χ2n) is 9.17. The monoisotopic (exact) mass is 498 g/mol. The Kier molecular flexibility index (Phi) is 9.60. The molecule has 0 aromatic heterocycles. The van der Waals surface area contributed by atoms with Crippen LogP contribution in [-0.4, -0.2) is 53.8 Å². The predicted molar refractivity (Wildman–Crippen MR) is 139 cm³/mol. The van der Waals surface area contributed by atoms with Gasteiger partial charge < -0.3 is 20.5 Å². The van der Waals surface area contributed by atoms with Crippen molar-refractivity contribution in [1.29, 1.82) is 0 Å². The molecule has 7 nitrogen and oxygen atoms in total. The lowest BCUT2D eigenvalue weighted by Gasteiger charge is -2.22. The van der Waals surface area contributed by atoms with Crippen LogP contribution in [0.3, 0.4) is 0 Å². The number of carbonyl (C=O) groups excluding carboxylic acids is 2. The van der Waals surface area contributed by atoms with Crippen LogP contribution in [0.4, 0.5) is 4.79 Å². The number of carboxylic acid groups (broad SMARTS) is 1. The van der Waals surface area contributed by atoms with Crippen molar-refractivity contribution in [2.75, 3.05) is 18.6 Å². The molecule has 1 aliphatic carbocycles. The number of hydrogen-bond donors (Lipinski definition) is 3. The Labute approximate surface area is 211 Å². The zero-order chi connectivity index (χ0) is 25.4. The maximum Gasteiger partial charge on any atom is 0.407 e. The molecule has 0 saturated heterocycles. The van der Waals surface area contributed by atoms with E-state index in [9.17, 15) is 19.5 Å². The van der Waals surface area contributed by atoms with Crippen LogP contribution in [0.15, 0.2) is 48.5 Å². The van der Waals surface area contributed by atoms with Crippen molar-refractivity contribution < 1.29 is 24.2 Å². The number of alkyl carbamates (subject to hydrolysis) is 1. The number of fused-ring (bicyclic) bond motifs is 3. The number of nitrogens with one attached hydrogen (secondary N) is 2. The van der Waals surface area contributed by atoms with Crippen LogP contribution in [0.1, 0.15) is 50.2 Å². The summed E-state index contributed by atoms with van der Waals surface area (Å²) in [6.07, 6.45) is 2.59. The van der Waals surface area contributed by atoms with E-state index >= 15 is 0 Å². The molecule has 0 spiro atoms. The van der Waals surface area contributed by atoms with Gasteiger partial charge in [0.2, 0.25) is 5.91 Å². The molecule has 188 valence electrons. The fourth-order valence-electron chi connectivity index (χ4n) is 4.32. The molecule has 0 fully saturated rings. The number of carbonyl (C=O) groups is 3. The topological polar surface area (TPSA) is 105 Å². The third kappa shape index (κ3) is 7.01. The van der Waals surface area contributed by atoms with Crippen LogP contribution < -0.4 is 10.6 Å². The van der Waals surface area contributed by atoms with E-state index in [4.69, 9.17) is 4.74 Å². The lowest BCUT2D eigenvalue weighted by Crippen LogP contribution is -2.52. The number of thioether (sulfide) groups is 1. The van der Waals surface area contributed by atoms with E-state index in [1.165, 1.54) is 0 Å². The predicted octanol–water partition coefficient (Wildman–Crippen LogP) is 4.65. The Morgan fingerprint density at radius 1 is 0.914 bits per heavy atom. The van der Waals surface area contributed by atoms with Crippen LogP contribution in [0, 0.1) is 5.92 Å². The van der Waals surface area contributed by atoms with Gasteiger partial charge in [0.15, 0.2) is 0 Å². The summed E-state index contributed by atoms with van der Waals surface area (Å²) < 4.78 is 5.58. The minimum atomic E-state index is -1.08. The van der Waals surface area contributed by atoms with Crippen molar-refractivity contribution in [2.45, 2.75) is 51.1 Å². The van der Waals surface area contributed by atoms with Crippen LogP contribution >= 0.6 is 11.8 Å². The maximum atomic E-state index is 12.9. The number of hydrogen-bond acceptors (Lipinski definition) is 5. The molecule has 2 atom stereocenters. The van der Waals surface area contributed by atoms with E-state index < -0.39 is 30.1 Å². The summed E-state index contributed by atoms with van der Waals surface area (Å²) in [5, 5.41) is 14.8. The molecular weight excluding hydrogens is 464 g/mol.